The Labute approximate surface area is 205 Å². The molecule has 0 saturated heterocycles. The van der Waals surface area contributed by atoms with E-state index in [4.69, 9.17) is 25.2 Å². The predicted octanol–water partition coefficient (Wildman–Crippen LogP) is 5.12. The number of carbonyl (C=O) groups is 1. The minimum Gasteiger partial charge on any atom is -0.493 e. The molecule has 2 aromatic heterocycles. The third-order valence-corrected chi connectivity index (χ3v) is 6.15. The molecule has 0 aliphatic rings. The number of benzene rings is 2. The van der Waals surface area contributed by atoms with Gasteiger partial charge in [-0.25, -0.2) is 9.97 Å². The molecule has 0 fully saturated rings. The SMILES string of the molecule is COc1ccc(-n2c(N)c(C(=O)N[C@@H](C)CCCC(C)C)c3nc4ccccc4nc32)cc1OC. The average Bonchev–Trinajstić information content (AvgIpc) is 3.12. The van der Waals surface area contributed by atoms with Crippen molar-refractivity contribution >= 4 is 33.9 Å². The van der Waals surface area contributed by atoms with Gasteiger partial charge in [-0.1, -0.05) is 38.8 Å². The summed E-state index contributed by atoms with van der Waals surface area (Å²) in [5, 5.41) is 3.11. The Morgan fingerprint density at radius 3 is 2.34 bits per heavy atom. The molecule has 1 amide bonds. The summed E-state index contributed by atoms with van der Waals surface area (Å²) < 4.78 is 12.6. The highest BCUT2D eigenvalue weighted by Gasteiger charge is 2.26. The second kappa shape index (κ2) is 10.2. The molecule has 4 rings (SSSR count). The number of rotatable bonds is 9. The maximum absolute atomic E-state index is 13.5. The summed E-state index contributed by atoms with van der Waals surface area (Å²) in [7, 11) is 3.16. The summed E-state index contributed by atoms with van der Waals surface area (Å²) >= 11 is 0. The first-order chi connectivity index (χ1) is 16.8. The summed E-state index contributed by atoms with van der Waals surface area (Å²) in [5.74, 6) is 1.79. The Kier molecular flexibility index (Phi) is 7.10. The van der Waals surface area contributed by atoms with Gasteiger partial charge in [0.25, 0.3) is 5.91 Å². The van der Waals surface area contributed by atoms with Crippen LogP contribution in [-0.2, 0) is 0 Å². The molecule has 2 aromatic carbocycles. The molecule has 0 spiro atoms. The lowest BCUT2D eigenvalue weighted by molar-refractivity contribution is 0.0940. The maximum atomic E-state index is 13.5. The van der Waals surface area contributed by atoms with E-state index in [1.165, 1.54) is 0 Å². The van der Waals surface area contributed by atoms with Crippen molar-refractivity contribution in [1.29, 1.82) is 0 Å². The zero-order chi connectivity index (χ0) is 25.1. The van der Waals surface area contributed by atoms with Crippen LogP contribution in [0.2, 0.25) is 0 Å². The monoisotopic (exact) mass is 475 g/mol. The standard InChI is InChI=1S/C27H33N5O3/c1-16(2)9-8-10-17(3)29-27(33)23-24-26(31-20-12-7-6-11-19(20)30-24)32(25(23)28)18-13-14-21(34-4)22(15-18)35-5/h6-7,11-17H,8-10,28H2,1-5H3,(H,29,33)/t17-/m0/s1. The number of methoxy groups -OCH3 is 2. The van der Waals surface area contributed by atoms with Crippen molar-refractivity contribution < 1.29 is 14.3 Å². The van der Waals surface area contributed by atoms with Crippen molar-refractivity contribution in [1.82, 2.24) is 19.9 Å². The van der Waals surface area contributed by atoms with Gasteiger partial charge in [0.1, 0.15) is 16.9 Å². The molecule has 0 saturated carbocycles. The van der Waals surface area contributed by atoms with E-state index in [0.717, 1.165) is 19.3 Å². The zero-order valence-electron chi connectivity index (χ0n) is 21.0. The van der Waals surface area contributed by atoms with Gasteiger partial charge >= 0.3 is 0 Å². The number of anilines is 1. The zero-order valence-corrected chi connectivity index (χ0v) is 21.0. The van der Waals surface area contributed by atoms with E-state index in [0.29, 0.717) is 50.9 Å². The molecule has 0 unspecified atom stereocenters. The van der Waals surface area contributed by atoms with Crippen molar-refractivity contribution in [3.8, 4) is 17.2 Å². The number of fused-ring (bicyclic) bond motifs is 2. The first-order valence-corrected chi connectivity index (χ1v) is 11.9. The van der Waals surface area contributed by atoms with Crippen LogP contribution in [0.15, 0.2) is 42.5 Å². The third kappa shape index (κ3) is 4.87. The summed E-state index contributed by atoms with van der Waals surface area (Å²) in [5.41, 5.74) is 10.0. The van der Waals surface area contributed by atoms with Crippen molar-refractivity contribution in [2.24, 2.45) is 5.92 Å². The van der Waals surface area contributed by atoms with E-state index in [1.54, 1.807) is 24.9 Å². The molecular weight excluding hydrogens is 442 g/mol. The van der Waals surface area contributed by atoms with Gasteiger partial charge < -0.3 is 20.5 Å². The van der Waals surface area contributed by atoms with Gasteiger partial charge in [0.05, 0.1) is 30.9 Å². The molecule has 8 heteroatoms. The van der Waals surface area contributed by atoms with Crippen molar-refractivity contribution in [2.75, 3.05) is 20.0 Å². The van der Waals surface area contributed by atoms with Gasteiger partial charge in [0.2, 0.25) is 0 Å². The van der Waals surface area contributed by atoms with Crippen LogP contribution in [0.4, 0.5) is 5.82 Å². The Bertz CT molecular complexity index is 1360. The number of nitrogens with zero attached hydrogens (tertiary/aromatic N) is 3. The van der Waals surface area contributed by atoms with E-state index in [9.17, 15) is 4.79 Å². The predicted molar refractivity (Wildman–Crippen MR) is 140 cm³/mol. The molecule has 35 heavy (non-hydrogen) atoms. The number of nitrogens with two attached hydrogens (primary N) is 1. The highest BCUT2D eigenvalue weighted by Crippen LogP contribution is 2.35. The van der Waals surface area contributed by atoms with E-state index in [1.807, 2.05) is 43.3 Å². The third-order valence-electron chi connectivity index (χ3n) is 6.15. The molecule has 2 heterocycles. The van der Waals surface area contributed by atoms with Crippen LogP contribution in [0.1, 0.15) is 50.4 Å². The Balaban J connectivity index is 1.83. The number of nitrogen functional groups attached to an aromatic ring is 1. The number of amides is 1. The van der Waals surface area contributed by atoms with Gasteiger partial charge in [-0.2, -0.15) is 0 Å². The van der Waals surface area contributed by atoms with Crippen LogP contribution in [-0.4, -0.2) is 40.7 Å². The van der Waals surface area contributed by atoms with Crippen LogP contribution in [0.3, 0.4) is 0 Å². The van der Waals surface area contributed by atoms with E-state index in [-0.39, 0.29) is 17.8 Å². The van der Waals surface area contributed by atoms with Crippen LogP contribution in [0.25, 0.3) is 27.9 Å². The molecule has 184 valence electrons. The minimum atomic E-state index is -0.256. The Morgan fingerprint density at radius 1 is 1.00 bits per heavy atom. The topological polar surface area (TPSA) is 104 Å². The molecule has 0 bridgehead atoms. The second-order valence-electron chi connectivity index (χ2n) is 9.22. The molecule has 4 aromatic rings. The van der Waals surface area contributed by atoms with Gasteiger partial charge in [0.15, 0.2) is 17.1 Å². The van der Waals surface area contributed by atoms with Crippen LogP contribution in [0, 0.1) is 5.92 Å². The normalized spacial score (nSPS) is 12.3. The summed E-state index contributed by atoms with van der Waals surface area (Å²) in [4.78, 5) is 23.1. The lowest BCUT2D eigenvalue weighted by Gasteiger charge is -2.15. The van der Waals surface area contributed by atoms with Crippen LogP contribution >= 0.6 is 0 Å². The largest absolute Gasteiger partial charge is 0.493 e. The van der Waals surface area contributed by atoms with E-state index in [2.05, 4.69) is 19.2 Å². The van der Waals surface area contributed by atoms with Crippen molar-refractivity contribution in [2.45, 2.75) is 46.1 Å². The van der Waals surface area contributed by atoms with Crippen molar-refractivity contribution in [3.63, 3.8) is 0 Å². The van der Waals surface area contributed by atoms with Gasteiger partial charge in [-0.05, 0) is 43.5 Å². The fourth-order valence-electron chi connectivity index (χ4n) is 4.31. The molecular formula is C27H33N5O3. The molecule has 0 aliphatic carbocycles. The second-order valence-corrected chi connectivity index (χ2v) is 9.22. The van der Waals surface area contributed by atoms with Gasteiger partial charge in [0, 0.05) is 12.1 Å². The molecule has 8 nitrogen and oxygen atoms in total. The number of aromatic nitrogens is 3. The lowest BCUT2D eigenvalue weighted by Crippen LogP contribution is -2.33. The quantitative estimate of drug-likeness (QED) is 0.348. The highest BCUT2D eigenvalue weighted by atomic mass is 16.5. The van der Waals surface area contributed by atoms with Crippen molar-refractivity contribution in [3.05, 3.63) is 48.0 Å². The van der Waals surface area contributed by atoms with E-state index < -0.39 is 0 Å². The number of nitrogens with one attached hydrogen (secondary N) is 1. The highest BCUT2D eigenvalue weighted by molar-refractivity contribution is 6.11. The summed E-state index contributed by atoms with van der Waals surface area (Å²) in [6, 6.07) is 13.0. The summed E-state index contributed by atoms with van der Waals surface area (Å²) in [6.07, 6.45) is 3.07. The number of para-hydroxylation sites is 2. The fraction of sp³-hybridized carbons (Fsp3) is 0.370. The molecule has 1 atom stereocenters. The Morgan fingerprint density at radius 2 is 1.69 bits per heavy atom. The number of hydrogen-bond donors (Lipinski definition) is 2. The number of hydrogen-bond acceptors (Lipinski definition) is 6. The number of carbonyl (C=O) groups excluding carboxylic acids is 1. The lowest BCUT2D eigenvalue weighted by atomic mass is 10.0. The first kappa shape index (κ1) is 24.3. The van der Waals surface area contributed by atoms with Gasteiger partial charge in [-0.3, -0.25) is 9.36 Å². The minimum absolute atomic E-state index is 0.00791. The van der Waals surface area contributed by atoms with Gasteiger partial charge in [-0.15, -0.1) is 0 Å². The maximum Gasteiger partial charge on any atom is 0.257 e. The van der Waals surface area contributed by atoms with E-state index >= 15 is 0 Å². The smallest absolute Gasteiger partial charge is 0.257 e. The molecule has 0 aliphatic heterocycles. The molecule has 0 radical (unpaired) electrons. The molecule has 3 N–H and O–H groups in total. The Hall–Kier alpha value is -3.81. The first-order valence-electron chi connectivity index (χ1n) is 11.9. The van der Waals surface area contributed by atoms with Crippen LogP contribution in [0.5, 0.6) is 11.5 Å². The average molecular weight is 476 g/mol. The fourth-order valence-corrected chi connectivity index (χ4v) is 4.31. The summed E-state index contributed by atoms with van der Waals surface area (Å²) in [6.45, 7) is 6.43. The number of ether oxygens (including phenoxy) is 2. The van der Waals surface area contributed by atoms with Crippen LogP contribution < -0.4 is 20.5 Å².